The normalized spacial score (nSPS) is 13.4. The average Bonchev–Trinajstić information content (AvgIpc) is 2.78. The summed E-state index contributed by atoms with van der Waals surface area (Å²) in [5, 5.41) is 10.8. The lowest BCUT2D eigenvalue weighted by atomic mass is 10.1. The molecular formula is C19H22F3N5O6S. The van der Waals surface area contributed by atoms with Gasteiger partial charge in [0.25, 0.3) is 10.0 Å². The van der Waals surface area contributed by atoms with Crippen molar-refractivity contribution in [3.8, 4) is 5.88 Å². The Labute approximate surface area is 193 Å². The van der Waals surface area contributed by atoms with Crippen LogP contribution in [0, 0.1) is 0 Å². The van der Waals surface area contributed by atoms with E-state index in [2.05, 4.69) is 19.7 Å². The van der Waals surface area contributed by atoms with Gasteiger partial charge in [0.05, 0.1) is 18.6 Å². The Bertz CT molecular complexity index is 1110. The molecule has 0 aliphatic heterocycles. The molecule has 34 heavy (non-hydrogen) atoms. The zero-order valence-electron chi connectivity index (χ0n) is 18.3. The highest BCUT2D eigenvalue weighted by molar-refractivity contribution is 7.92. The molecule has 1 heterocycles. The Kier molecular flexibility index (Phi) is 8.26. The van der Waals surface area contributed by atoms with Crippen molar-refractivity contribution in [1.29, 1.82) is 0 Å². The Morgan fingerprint density at radius 3 is 2.15 bits per heavy atom. The maximum Gasteiger partial charge on any atom is 0.441 e. The van der Waals surface area contributed by atoms with E-state index < -0.39 is 33.7 Å². The number of methoxy groups -OCH3 is 1. The third-order valence-electron chi connectivity index (χ3n) is 4.24. The second kappa shape index (κ2) is 10.5. The van der Waals surface area contributed by atoms with Gasteiger partial charge in [-0.3, -0.25) is 9.52 Å². The highest BCUT2D eigenvalue weighted by Crippen LogP contribution is 2.33. The van der Waals surface area contributed by atoms with Gasteiger partial charge < -0.3 is 20.1 Å². The maximum absolute atomic E-state index is 14.0. The van der Waals surface area contributed by atoms with Crippen LogP contribution in [0.4, 0.5) is 24.7 Å². The molecule has 0 bridgehead atoms. The number of benzene rings is 1. The molecule has 0 radical (unpaired) electrons. The molecule has 3 N–H and O–H groups in total. The Hall–Kier alpha value is -3.62. The van der Waals surface area contributed by atoms with E-state index in [9.17, 15) is 31.2 Å². The Morgan fingerprint density at radius 1 is 1.03 bits per heavy atom. The van der Waals surface area contributed by atoms with Crippen LogP contribution in [-0.4, -0.2) is 56.0 Å². The van der Waals surface area contributed by atoms with Crippen LogP contribution in [0.1, 0.15) is 20.3 Å². The molecule has 2 rings (SSSR count). The van der Waals surface area contributed by atoms with Crippen LogP contribution in [0.3, 0.4) is 0 Å². The van der Waals surface area contributed by atoms with Crippen LogP contribution >= 0.6 is 0 Å². The van der Waals surface area contributed by atoms with Crippen LogP contribution < -0.4 is 20.1 Å². The van der Waals surface area contributed by atoms with Crippen molar-refractivity contribution in [3.05, 3.63) is 36.4 Å². The van der Waals surface area contributed by atoms with Crippen molar-refractivity contribution in [2.45, 2.75) is 37.0 Å². The molecule has 0 fully saturated rings. The molecule has 186 valence electrons. The van der Waals surface area contributed by atoms with Crippen LogP contribution in [0.5, 0.6) is 5.88 Å². The minimum Gasteiger partial charge on any atom is -0.480 e. The molecular weight excluding hydrogens is 483 g/mol. The number of nitrogens with zero attached hydrogens (tertiary/aromatic N) is 2. The predicted molar refractivity (Wildman–Crippen MR) is 113 cm³/mol. The number of hydrogen-bond acceptors (Lipinski definition) is 9. The minimum atomic E-state index is -5.30. The summed E-state index contributed by atoms with van der Waals surface area (Å²) < 4.78 is 78.6. The topological polar surface area (TPSA) is 149 Å². The molecule has 0 saturated heterocycles. The zero-order valence-corrected chi connectivity index (χ0v) is 19.1. The molecule has 0 spiro atoms. The van der Waals surface area contributed by atoms with Gasteiger partial charge in [-0.15, -0.1) is 10.2 Å². The standard InChI is InChI=1S/C19H22F3N5O6S/c1-4-15(28)24-18(19(20,21)22,17(29)33-5-2)23-12-6-8-13(9-7-12)34(30,31)27-14-10-11-16(32-3)26-25-14/h6-11,23H,4-5H2,1-3H3,(H,24,28)(H,25,27)/t18-/m0/s1. The van der Waals surface area contributed by atoms with Gasteiger partial charge >= 0.3 is 17.8 Å². The number of ether oxygens (including phenoxy) is 2. The summed E-state index contributed by atoms with van der Waals surface area (Å²) in [7, 11) is -2.82. The van der Waals surface area contributed by atoms with Gasteiger partial charge in [0.1, 0.15) is 0 Å². The first-order valence-electron chi connectivity index (χ1n) is 9.72. The molecule has 0 aliphatic carbocycles. The number of alkyl halides is 3. The van der Waals surface area contributed by atoms with Crippen molar-refractivity contribution in [1.82, 2.24) is 15.5 Å². The third-order valence-corrected chi connectivity index (χ3v) is 5.61. The minimum absolute atomic E-state index is 0.122. The SMILES string of the molecule is CCOC(=O)[C@@](NC(=O)CC)(Nc1ccc(S(=O)(=O)Nc2ccc(OC)nn2)cc1)C(F)(F)F. The first kappa shape index (κ1) is 26.6. The second-order valence-corrected chi connectivity index (χ2v) is 8.27. The lowest BCUT2D eigenvalue weighted by Crippen LogP contribution is -2.69. The van der Waals surface area contributed by atoms with Crippen LogP contribution in [0.25, 0.3) is 0 Å². The maximum atomic E-state index is 14.0. The van der Waals surface area contributed by atoms with Crippen LogP contribution in [0.15, 0.2) is 41.3 Å². The molecule has 1 aromatic carbocycles. The van der Waals surface area contributed by atoms with Crippen molar-refractivity contribution < 1.29 is 40.7 Å². The Morgan fingerprint density at radius 2 is 1.68 bits per heavy atom. The molecule has 15 heteroatoms. The molecule has 1 atom stereocenters. The van der Waals surface area contributed by atoms with E-state index in [1.165, 1.54) is 33.1 Å². The van der Waals surface area contributed by atoms with E-state index in [0.717, 1.165) is 24.3 Å². The summed E-state index contributed by atoms with van der Waals surface area (Å²) in [6.45, 7) is 2.24. The largest absolute Gasteiger partial charge is 0.480 e. The van der Waals surface area contributed by atoms with Crippen molar-refractivity contribution >= 4 is 33.4 Å². The monoisotopic (exact) mass is 505 g/mol. The smallest absolute Gasteiger partial charge is 0.441 e. The van der Waals surface area contributed by atoms with Gasteiger partial charge in [0.15, 0.2) is 5.82 Å². The number of halogens is 3. The van der Waals surface area contributed by atoms with Crippen LogP contribution in [-0.2, 0) is 24.3 Å². The van der Waals surface area contributed by atoms with E-state index in [-0.39, 0.29) is 35.3 Å². The van der Waals surface area contributed by atoms with Crippen molar-refractivity contribution in [2.75, 3.05) is 23.8 Å². The molecule has 0 saturated carbocycles. The van der Waals surface area contributed by atoms with E-state index >= 15 is 0 Å². The number of rotatable bonds is 10. The fourth-order valence-electron chi connectivity index (χ4n) is 2.54. The van der Waals surface area contributed by atoms with E-state index in [1.807, 2.05) is 5.32 Å². The summed E-state index contributed by atoms with van der Waals surface area (Å²) in [6, 6.07) is 6.64. The molecule has 11 nitrogen and oxygen atoms in total. The summed E-state index contributed by atoms with van der Waals surface area (Å²) in [5.41, 5.74) is -3.90. The number of carbonyl (C=O) groups is 2. The number of carbonyl (C=O) groups excluding carboxylic acids is 2. The average molecular weight is 505 g/mol. The molecule has 1 aromatic heterocycles. The first-order valence-corrected chi connectivity index (χ1v) is 11.2. The third kappa shape index (κ3) is 6.03. The number of nitrogens with one attached hydrogen (secondary N) is 3. The first-order chi connectivity index (χ1) is 15.9. The number of esters is 1. The fourth-order valence-corrected chi connectivity index (χ4v) is 3.54. The van der Waals surface area contributed by atoms with Gasteiger partial charge in [0.2, 0.25) is 11.8 Å². The zero-order chi connectivity index (χ0) is 25.6. The van der Waals surface area contributed by atoms with E-state index in [4.69, 9.17) is 4.74 Å². The van der Waals surface area contributed by atoms with Crippen molar-refractivity contribution in [2.24, 2.45) is 0 Å². The number of aromatic nitrogens is 2. The molecule has 0 unspecified atom stereocenters. The van der Waals surface area contributed by atoms with E-state index in [0.29, 0.717) is 0 Å². The quantitative estimate of drug-likeness (QED) is 0.326. The summed E-state index contributed by atoms with van der Waals surface area (Å²) in [5.74, 6) is -2.81. The van der Waals surface area contributed by atoms with Gasteiger partial charge in [0, 0.05) is 18.2 Å². The number of amides is 1. The lowest BCUT2D eigenvalue weighted by molar-refractivity contribution is -0.207. The van der Waals surface area contributed by atoms with Gasteiger partial charge in [-0.2, -0.15) is 13.2 Å². The highest BCUT2D eigenvalue weighted by atomic mass is 32.2. The molecule has 1 amide bonds. The van der Waals surface area contributed by atoms with Crippen molar-refractivity contribution in [3.63, 3.8) is 0 Å². The van der Waals surface area contributed by atoms with Gasteiger partial charge in [-0.05, 0) is 37.3 Å². The summed E-state index contributed by atoms with van der Waals surface area (Å²) in [4.78, 5) is 23.8. The van der Waals surface area contributed by atoms with Gasteiger partial charge in [-0.25, -0.2) is 13.2 Å². The number of sulfonamides is 1. The number of hydrogen-bond donors (Lipinski definition) is 3. The lowest BCUT2D eigenvalue weighted by Gasteiger charge is -2.35. The second-order valence-electron chi connectivity index (χ2n) is 6.59. The van der Waals surface area contributed by atoms with Crippen LogP contribution in [0.2, 0.25) is 0 Å². The highest BCUT2D eigenvalue weighted by Gasteiger charge is 2.63. The predicted octanol–water partition coefficient (Wildman–Crippen LogP) is 2.05. The summed E-state index contributed by atoms with van der Waals surface area (Å²) in [6.07, 6.45) is -5.64. The van der Waals surface area contributed by atoms with Gasteiger partial charge in [-0.1, -0.05) is 6.92 Å². The fraction of sp³-hybridized carbons (Fsp3) is 0.368. The molecule has 2 aromatic rings. The van der Waals surface area contributed by atoms with E-state index in [1.54, 1.807) is 5.32 Å². The summed E-state index contributed by atoms with van der Waals surface area (Å²) >= 11 is 0. The Balaban J connectivity index is 2.35. The molecule has 0 aliphatic rings. The number of anilines is 2.